The number of aromatic nitrogens is 4. The Kier molecular flexibility index (Phi) is 7.92. The van der Waals surface area contributed by atoms with Crippen LogP contribution >= 0.6 is 0 Å². The van der Waals surface area contributed by atoms with E-state index in [1.165, 1.54) is 18.4 Å². The number of amides is 1. The number of carbonyl (C=O) groups is 1. The summed E-state index contributed by atoms with van der Waals surface area (Å²) in [5, 5.41) is 6.04. The van der Waals surface area contributed by atoms with Gasteiger partial charge in [-0.3, -0.25) is 14.7 Å². The van der Waals surface area contributed by atoms with Gasteiger partial charge in [-0.1, -0.05) is 36.4 Å². The molecule has 0 saturated heterocycles. The lowest BCUT2D eigenvalue weighted by atomic mass is 10.1. The summed E-state index contributed by atoms with van der Waals surface area (Å²) >= 11 is 0. The molecule has 0 saturated carbocycles. The van der Waals surface area contributed by atoms with Gasteiger partial charge in [-0.2, -0.15) is 4.98 Å². The molecule has 0 radical (unpaired) electrons. The van der Waals surface area contributed by atoms with E-state index >= 15 is 0 Å². The maximum absolute atomic E-state index is 13.3. The van der Waals surface area contributed by atoms with Crippen LogP contribution in [0.5, 0.6) is 0 Å². The molecule has 12 heteroatoms. The van der Waals surface area contributed by atoms with Crippen LogP contribution in [0, 0.1) is 5.82 Å². The molecule has 5 aromatic rings. The van der Waals surface area contributed by atoms with Crippen molar-refractivity contribution in [2.75, 3.05) is 28.8 Å². The fourth-order valence-corrected chi connectivity index (χ4v) is 5.09. The van der Waals surface area contributed by atoms with Crippen molar-refractivity contribution in [2.24, 2.45) is 0 Å². The van der Waals surface area contributed by atoms with Gasteiger partial charge in [0.1, 0.15) is 11.6 Å². The van der Waals surface area contributed by atoms with Gasteiger partial charge in [-0.05, 0) is 53.6 Å². The molecule has 10 nitrogen and oxygen atoms in total. The smallest absolute Gasteiger partial charge is 0.231 e. The average molecular weight is 574 g/mol. The molecule has 41 heavy (non-hydrogen) atoms. The van der Waals surface area contributed by atoms with E-state index in [4.69, 9.17) is 0 Å². The van der Waals surface area contributed by atoms with Gasteiger partial charge in [-0.25, -0.2) is 22.8 Å². The van der Waals surface area contributed by atoms with E-state index in [1.54, 1.807) is 48.7 Å². The second-order valence-corrected chi connectivity index (χ2v) is 11.8. The largest absolute Gasteiger partial charge is 0.341 e. The van der Waals surface area contributed by atoms with Crippen molar-refractivity contribution in [2.45, 2.75) is 18.8 Å². The molecule has 0 bridgehead atoms. The number of benzene rings is 3. The van der Waals surface area contributed by atoms with Crippen molar-refractivity contribution in [3.8, 4) is 0 Å². The highest BCUT2D eigenvalue weighted by atomic mass is 32.2. The normalized spacial score (nSPS) is 11.4. The number of hydrogen-bond acceptors (Lipinski definition) is 8. The Labute approximate surface area is 236 Å². The minimum atomic E-state index is -3.12. The van der Waals surface area contributed by atoms with Crippen molar-refractivity contribution in [3.63, 3.8) is 0 Å². The first-order valence-corrected chi connectivity index (χ1v) is 14.8. The number of nitrogens with one attached hydrogen (secondary N) is 2. The zero-order chi connectivity index (χ0) is 29.0. The summed E-state index contributed by atoms with van der Waals surface area (Å²) in [4.78, 5) is 28.3. The van der Waals surface area contributed by atoms with Crippen LogP contribution in [0.2, 0.25) is 0 Å². The highest BCUT2D eigenvalue weighted by molar-refractivity contribution is 7.89. The molecule has 3 aromatic carbocycles. The predicted octanol–water partition coefficient (Wildman–Crippen LogP) is 4.53. The van der Waals surface area contributed by atoms with E-state index < -0.39 is 9.84 Å². The third kappa shape index (κ3) is 7.22. The van der Waals surface area contributed by atoms with E-state index in [-0.39, 0.29) is 23.9 Å². The third-order valence-corrected chi connectivity index (χ3v) is 7.07. The lowest BCUT2D eigenvalue weighted by Crippen LogP contribution is -2.25. The summed E-state index contributed by atoms with van der Waals surface area (Å²) < 4.78 is 38.2. The number of rotatable bonds is 10. The molecule has 0 spiro atoms. The molecular formula is C29H28FN7O3S. The second-order valence-electron chi connectivity index (χ2n) is 9.67. The fraction of sp³-hybridized carbons (Fsp3) is 0.172. The van der Waals surface area contributed by atoms with Crippen LogP contribution in [-0.2, 0) is 33.5 Å². The van der Waals surface area contributed by atoms with Gasteiger partial charge in [0, 0.05) is 25.2 Å². The van der Waals surface area contributed by atoms with E-state index in [9.17, 15) is 17.6 Å². The fourth-order valence-electron chi connectivity index (χ4n) is 4.29. The Morgan fingerprint density at radius 1 is 0.951 bits per heavy atom. The van der Waals surface area contributed by atoms with Gasteiger partial charge >= 0.3 is 0 Å². The summed E-state index contributed by atoms with van der Waals surface area (Å²) in [6.07, 6.45) is 2.92. The minimum absolute atomic E-state index is 0.0261. The number of para-hydroxylation sites is 2. The molecule has 0 aliphatic rings. The van der Waals surface area contributed by atoms with Crippen LogP contribution in [0.25, 0.3) is 11.0 Å². The van der Waals surface area contributed by atoms with Crippen LogP contribution in [0.1, 0.15) is 11.1 Å². The van der Waals surface area contributed by atoms with Crippen molar-refractivity contribution < 1.29 is 17.6 Å². The van der Waals surface area contributed by atoms with Crippen LogP contribution in [-0.4, -0.2) is 47.1 Å². The molecule has 0 atom stereocenters. The molecule has 2 heterocycles. The Hall–Kier alpha value is -4.84. The van der Waals surface area contributed by atoms with Gasteiger partial charge in [0.2, 0.25) is 17.8 Å². The number of fused-ring (bicyclic) bond motifs is 1. The summed E-state index contributed by atoms with van der Waals surface area (Å²) in [5.41, 5.74) is 3.66. The number of nitrogens with zero attached hydrogens (tertiary/aromatic N) is 5. The maximum atomic E-state index is 13.3. The topological polar surface area (TPSA) is 122 Å². The van der Waals surface area contributed by atoms with Crippen molar-refractivity contribution in [3.05, 3.63) is 102 Å². The van der Waals surface area contributed by atoms with Crippen LogP contribution < -0.4 is 15.5 Å². The molecule has 0 unspecified atom stereocenters. The molecule has 5 rings (SSSR count). The van der Waals surface area contributed by atoms with Gasteiger partial charge in [-0.15, -0.1) is 0 Å². The number of imidazole rings is 1. The van der Waals surface area contributed by atoms with Crippen molar-refractivity contribution >= 4 is 50.2 Å². The molecule has 1 amide bonds. The molecular weight excluding hydrogens is 545 g/mol. The van der Waals surface area contributed by atoms with Gasteiger partial charge < -0.3 is 10.2 Å². The Morgan fingerprint density at radius 3 is 2.39 bits per heavy atom. The number of halogens is 1. The van der Waals surface area contributed by atoms with Gasteiger partial charge in [0.15, 0.2) is 9.84 Å². The standard InChI is InChI=1S/C29H28FN7O3S/c1-36(26-15-16-31-28(34-26)32-23-13-9-21(10-14-23)18-41(2,39)40)19-37-25-6-4-3-5-24(25)33-29(37)35-27(38)17-20-7-11-22(30)12-8-20/h3-16H,17-19H2,1-2H3,(H,31,32,34)(H,33,35,38). The van der Waals surface area contributed by atoms with E-state index in [0.29, 0.717) is 41.2 Å². The number of sulfone groups is 1. The predicted molar refractivity (Wildman–Crippen MR) is 157 cm³/mol. The zero-order valence-electron chi connectivity index (χ0n) is 22.5. The monoisotopic (exact) mass is 573 g/mol. The summed E-state index contributed by atoms with van der Waals surface area (Å²) in [7, 11) is -1.25. The van der Waals surface area contributed by atoms with Gasteiger partial charge in [0.05, 0.1) is 29.9 Å². The first-order chi connectivity index (χ1) is 19.6. The highest BCUT2D eigenvalue weighted by Crippen LogP contribution is 2.23. The maximum Gasteiger partial charge on any atom is 0.231 e. The van der Waals surface area contributed by atoms with E-state index in [0.717, 1.165) is 11.0 Å². The lowest BCUT2D eigenvalue weighted by molar-refractivity contribution is -0.115. The van der Waals surface area contributed by atoms with Crippen molar-refractivity contribution in [1.29, 1.82) is 0 Å². The zero-order valence-corrected chi connectivity index (χ0v) is 23.3. The van der Waals surface area contributed by atoms with Gasteiger partial charge in [0.25, 0.3) is 0 Å². The van der Waals surface area contributed by atoms with E-state index in [1.807, 2.05) is 40.8 Å². The lowest BCUT2D eigenvalue weighted by Gasteiger charge is -2.21. The van der Waals surface area contributed by atoms with Crippen LogP contribution in [0.4, 0.5) is 27.8 Å². The van der Waals surface area contributed by atoms with Crippen molar-refractivity contribution in [1.82, 2.24) is 19.5 Å². The first kappa shape index (κ1) is 27.7. The number of anilines is 4. The molecule has 2 aromatic heterocycles. The minimum Gasteiger partial charge on any atom is -0.341 e. The quantitative estimate of drug-likeness (QED) is 0.250. The first-order valence-electron chi connectivity index (χ1n) is 12.7. The Morgan fingerprint density at radius 2 is 1.66 bits per heavy atom. The third-order valence-electron chi connectivity index (χ3n) is 6.21. The Bertz CT molecular complexity index is 1790. The molecule has 2 N–H and O–H groups in total. The Balaban J connectivity index is 1.32. The molecule has 210 valence electrons. The number of hydrogen-bond donors (Lipinski definition) is 2. The molecule has 0 aliphatic heterocycles. The summed E-state index contributed by atoms with van der Waals surface area (Å²) in [6.45, 7) is 0.323. The van der Waals surface area contributed by atoms with Crippen LogP contribution in [0.3, 0.4) is 0 Å². The van der Waals surface area contributed by atoms with Crippen LogP contribution in [0.15, 0.2) is 85.1 Å². The number of carbonyl (C=O) groups excluding carboxylic acids is 1. The summed E-state index contributed by atoms with van der Waals surface area (Å²) in [5.74, 6) is 0.719. The van der Waals surface area contributed by atoms with E-state index in [2.05, 4.69) is 25.6 Å². The highest BCUT2D eigenvalue weighted by Gasteiger charge is 2.16. The average Bonchev–Trinajstić information content (AvgIpc) is 3.27. The SMILES string of the molecule is CN(Cn1c(NC(=O)Cc2ccc(F)cc2)nc2ccccc21)c1ccnc(Nc2ccc(CS(C)(=O)=O)cc2)n1. The molecule has 0 fully saturated rings. The second kappa shape index (κ2) is 11.7. The molecule has 0 aliphatic carbocycles. The summed E-state index contributed by atoms with van der Waals surface area (Å²) in [6, 6.07) is 22.2.